The van der Waals surface area contributed by atoms with Gasteiger partial charge in [-0.1, -0.05) is 18.2 Å². The van der Waals surface area contributed by atoms with Crippen LogP contribution in [0.2, 0.25) is 0 Å². The summed E-state index contributed by atoms with van der Waals surface area (Å²) in [6.07, 6.45) is 1.25. The lowest BCUT2D eigenvalue weighted by Gasteiger charge is -2.13. The van der Waals surface area contributed by atoms with Gasteiger partial charge in [-0.2, -0.15) is 0 Å². The van der Waals surface area contributed by atoms with Gasteiger partial charge in [-0.05, 0) is 11.6 Å². The second-order valence-electron chi connectivity index (χ2n) is 3.32. The van der Waals surface area contributed by atoms with Crippen LogP contribution in [-0.2, 0) is 0 Å². The number of hydrogen-bond donors (Lipinski definition) is 1. The van der Waals surface area contributed by atoms with E-state index in [9.17, 15) is 8.78 Å². The molecule has 0 saturated carbocycles. The molecule has 0 saturated heterocycles. The van der Waals surface area contributed by atoms with Crippen molar-refractivity contribution in [3.8, 4) is 0 Å². The summed E-state index contributed by atoms with van der Waals surface area (Å²) in [5.41, 5.74) is 6.05. The van der Waals surface area contributed by atoms with Crippen LogP contribution in [-0.4, -0.2) is 17.3 Å². The largest absolute Gasteiger partial charge is 0.384 e. The predicted octanol–water partition coefficient (Wildman–Crippen LogP) is 1.99. The molecule has 1 aliphatic carbocycles. The van der Waals surface area contributed by atoms with E-state index in [1.807, 2.05) is 0 Å². The number of aromatic nitrogens is 1. The van der Waals surface area contributed by atoms with Crippen LogP contribution in [0.1, 0.15) is 11.5 Å². The quantitative estimate of drug-likeness (QED) is 0.697. The Balaban J connectivity index is 2.24. The standard InChI is InChI=1S/C10H10F2N2/c11-8-3-2-7(10(8)12)6-1-4-9(13)14-5-6/h1-5,7-8,10H,(H2,13,14)/t7?,8?,10-/m0/s1. The number of hydrogen-bond acceptors (Lipinski definition) is 2. The van der Waals surface area contributed by atoms with E-state index in [-0.39, 0.29) is 0 Å². The molecule has 0 bridgehead atoms. The smallest absolute Gasteiger partial charge is 0.150 e. The van der Waals surface area contributed by atoms with Crippen molar-refractivity contribution in [1.29, 1.82) is 0 Å². The maximum absolute atomic E-state index is 13.3. The second kappa shape index (κ2) is 3.36. The van der Waals surface area contributed by atoms with E-state index >= 15 is 0 Å². The molecule has 1 aromatic rings. The van der Waals surface area contributed by atoms with E-state index < -0.39 is 18.3 Å². The molecule has 2 N–H and O–H groups in total. The number of nitrogens with two attached hydrogens (primary N) is 1. The number of alkyl halides is 2. The third kappa shape index (κ3) is 1.47. The van der Waals surface area contributed by atoms with Crippen LogP contribution in [0.15, 0.2) is 30.5 Å². The zero-order chi connectivity index (χ0) is 10.1. The summed E-state index contributed by atoms with van der Waals surface area (Å²) in [7, 11) is 0. The van der Waals surface area contributed by atoms with Crippen molar-refractivity contribution in [3.05, 3.63) is 36.0 Å². The third-order valence-corrected chi connectivity index (χ3v) is 2.34. The highest BCUT2D eigenvalue weighted by atomic mass is 19.2. The Morgan fingerprint density at radius 1 is 1.21 bits per heavy atom. The molecule has 2 unspecified atom stereocenters. The SMILES string of the molecule is Nc1ccc(C2C=CC(F)[C@H]2F)cn1. The summed E-state index contributed by atoms with van der Waals surface area (Å²) in [6, 6.07) is 3.25. The van der Waals surface area contributed by atoms with Gasteiger partial charge in [0, 0.05) is 12.1 Å². The first-order valence-electron chi connectivity index (χ1n) is 4.36. The maximum atomic E-state index is 13.3. The van der Waals surface area contributed by atoms with Crippen LogP contribution < -0.4 is 5.73 Å². The summed E-state index contributed by atoms with van der Waals surface area (Å²) < 4.78 is 26.1. The molecule has 0 aromatic carbocycles. The van der Waals surface area contributed by atoms with Gasteiger partial charge in [-0.3, -0.25) is 0 Å². The van der Waals surface area contributed by atoms with Gasteiger partial charge in [-0.25, -0.2) is 13.8 Å². The predicted molar refractivity (Wildman–Crippen MR) is 50.3 cm³/mol. The van der Waals surface area contributed by atoms with Gasteiger partial charge < -0.3 is 5.73 Å². The number of pyridine rings is 1. The Hall–Kier alpha value is -1.45. The highest BCUT2D eigenvalue weighted by molar-refractivity contribution is 5.34. The fraction of sp³-hybridized carbons (Fsp3) is 0.300. The summed E-state index contributed by atoms with van der Waals surface area (Å²) in [5.74, 6) is -0.152. The normalized spacial score (nSPS) is 30.9. The monoisotopic (exact) mass is 196 g/mol. The zero-order valence-electron chi connectivity index (χ0n) is 7.40. The van der Waals surface area contributed by atoms with Crippen molar-refractivity contribution < 1.29 is 8.78 Å². The number of anilines is 1. The number of nitrogens with zero attached hydrogens (tertiary/aromatic N) is 1. The van der Waals surface area contributed by atoms with Crippen LogP contribution in [0.25, 0.3) is 0 Å². The first kappa shape index (κ1) is 9.12. The van der Waals surface area contributed by atoms with E-state index in [4.69, 9.17) is 5.73 Å². The zero-order valence-corrected chi connectivity index (χ0v) is 7.40. The first-order valence-corrected chi connectivity index (χ1v) is 4.36. The Labute approximate surface area is 80.5 Å². The van der Waals surface area contributed by atoms with E-state index in [1.165, 1.54) is 18.3 Å². The van der Waals surface area contributed by atoms with Gasteiger partial charge in [-0.15, -0.1) is 0 Å². The van der Waals surface area contributed by atoms with Crippen LogP contribution in [0.3, 0.4) is 0 Å². The molecule has 2 rings (SSSR count). The third-order valence-electron chi connectivity index (χ3n) is 2.34. The summed E-state index contributed by atoms with van der Waals surface area (Å²) in [6.45, 7) is 0. The van der Waals surface area contributed by atoms with Crippen molar-refractivity contribution in [2.24, 2.45) is 0 Å². The van der Waals surface area contributed by atoms with Gasteiger partial charge in [0.05, 0.1) is 0 Å². The lowest BCUT2D eigenvalue weighted by Crippen LogP contribution is -2.16. The van der Waals surface area contributed by atoms with Crippen molar-refractivity contribution in [2.45, 2.75) is 18.3 Å². The minimum atomic E-state index is -1.50. The molecule has 0 fully saturated rings. The van der Waals surface area contributed by atoms with Gasteiger partial charge in [0.2, 0.25) is 0 Å². The number of allylic oxidation sites excluding steroid dienone is 2. The minimum absolute atomic E-state index is 0.378. The lowest BCUT2D eigenvalue weighted by molar-refractivity contribution is 0.204. The summed E-state index contributed by atoms with van der Waals surface area (Å²) in [4.78, 5) is 3.84. The lowest BCUT2D eigenvalue weighted by atomic mass is 9.99. The van der Waals surface area contributed by atoms with Gasteiger partial charge in [0.1, 0.15) is 12.0 Å². The molecule has 4 heteroatoms. The van der Waals surface area contributed by atoms with Crippen LogP contribution >= 0.6 is 0 Å². The Bertz CT molecular complexity index is 348. The molecular formula is C10H10F2N2. The molecule has 0 aliphatic heterocycles. The molecule has 14 heavy (non-hydrogen) atoms. The highest BCUT2D eigenvalue weighted by Gasteiger charge is 2.32. The molecule has 0 radical (unpaired) electrons. The Morgan fingerprint density at radius 2 is 2.00 bits per heavy atom. The Morgan fingerprint density at radius 3 is 2.50 bits per heavy atom. The summed E-state index contributed by atoms with van der Waals surface area (Å²) >= 11 is 0. The van der Waals surface area contributed by atoms with Crippen molar-refractivity contribution in [3.63, 3.8) is 0 Å². The average molecular weight is 196 g/mol. The number of rotatable bonds is 1. The fourth-order valence-corrected chi connectivity index (χ4v) is 1.55. The fourth-order valence-electron chi connectivity index (χ4n) is 1.55. The molecule has 74 valence electrons. The molecular weight excluding hydrogens is 186 g/mol. The van der Waals surface area contributed by atoms with Crippen LogP contribution in [0.5, 0.6) is 0 Å². The molecule has 1 heterocycles. The molecule has 1 aliphatic rings. The molecule has 3 atom stereocenters. The molecule has 1 aromatic heterocycles. The molecule has 0 spiro atoms. The van der Waals surface area contributed by atoms with E-state index in [2.05, 4.69) is 4.98 Å². The Kier molecular flexibility index (Phi) is 2.19. The van der Waals surface area contributed by atoms with E-state index in [0.29, 0.717) is 11.4 Å². The van der Waals surface area contributed by atoms with Gasteiger partial charge in [0.15, 0.2) is 6.17 Å². The first-order chi connectivity index (χ1) is 6.68. The van der Waals surface area contributed by atoms with E-state index in [0.717, 1.165) is 0 Å². The van der Waals surface area contributed by atoms with Crippen molar-refractivity contribution >= 4 is 5.82 Å². The minimum Gasteiger partial charge on any atom is -0.384 e. The van der Waals surface area contributed by atoms with Crippen LogP contribution in [0, 0.1) is 0 Å². The number of nitrogen functional groups attached to an aromatic ring is 1. The average Bonchev–Trinajstić information content (AvgIpc) is 2.50. The van der Waals surface area contributed by atoms with Crippen LogP contribution in [0.4, 0.5) is 14.6 Å². The summed E-state index contributed by atoms with van der Waals surface area (Å²) in [5, 5.41) is 0. The number of halogens is 2. The molecule has 2 nitrogen and oxygen atoms in total. The highest BCUT2D eigenvalue weighted by Crippen LogP contribution is 2.32. The van der Waals surface area contributed by atoms with Gasteiger partial charge >= 0.3 is 0 Å². The maximum Gasteiger partial charge on any atom is 0.150 e. The topological polar surface area (TPSA) is 38.9 Å². The van der Waals surface area contributed by atoms with E-state index in [1.54, 1.807) is 12.1 Å². The van der Waals surface area contributed by atoms with Crippen molar-refractivity contribution in [2.75, 3.05) is 5.73 Å². The van der Waals surface area contributed by atoms with Gasteiger partial charge in [0.25, 0.3) is 0 Å². The van der Waals surface area contributed by atoms with Crippen molar-refractivity contribution in [1.82, 2.24) is 4.98 Å². The molecule has 0 amide bonds. The second-order valence-corrected chi connectivity index (χ2v) is 3.32.